The highest BCUT2D eigenvalue weighted by Crippen LogP contribution is 2.35. The Morgan fingerprint density at radius 3 is 2.29 bits per heavy atom. The van der Waals surface area contributed by atoms with Gasteiger partial charge in [-0.15, -0.1) is 11.3 Å². The Hall–Kier alpha value is -2.62. The molecule has 10 heteroatoms. The molecule has 5 nitrogen and oxygen atoms in total. The minimum absolute atomic E-state index is 0.237. The van der Waals surface area contributed by atoms with Gasteiger partial charge in [-0.25, -0.2) is 9.78 Å². The molecule has 1 heterocycles. The zero-order valence-electron chi connectivity index (χ0n) is 19.7. The van der Waals surface area contributed by atoms with Gasteiger partial charge in [0.15, 0.2) is 5.60 Å². The number of benzene rings is 2. The number of halogens is 4. The van der Waals surface area contributed by atoms with E-state index < -0.39 is 28.8 Å². The molecule has 3 aromatic rings. The molecule has 2 aromatic carbocycles. The first-order chi connectivity index (χ1) is 16.2. The molecule has 0 aliphatic rings. The third-order valence-electron chi connectivity index (χ3n) is 5.30. The lowest BCUT2D eigenvalue weighted by atomic mass is 9.90. The van der Waals surface area contributed by atoms with Gasteiger partial charge in [-0.05, 0) is 57.5 Å². The van der Waals surface area contributed by atoms with Crippen molar-refractivity contribution in [1.82, 2.24) is 4.98 Å². The third kappa shape index (κ3) is 6.54. The molecule has 1 atom stereocenters. The van der Waals surface area contributed by atoms with Gasteiger partial charge in [0.25, 0.3) is 0 Å². The van der Waals surface area contributed by atoms with E-state index in [1.54, 1.807) is 44.4 Å². The average Bonchev–Trinajstić information content (AvgIpc) is 3.22. The van der Waals surface area contributed by atoms with Gasteiger partial charge in [-0.1, -0.05) is 29.8 Å². The van der Waals surface area contributed by atoms with Gasteiger partial charge in [-0.2, -0.15) is 13.2 Å². The van der Waals surface area contributed by atoms with Crippen LogP contribution in [0, 0.1) is 0 Å². The summed E-state index contributed by atoms with van der Waals surface area (Å²) in [5, 5.41) is 2.81. The molecule has 0 saturated carbocycles. The zero-order valence-corrected chi connectivity index (χ0v) is 21.3. The van der Waals surface area contributed by atoms with Crippen LogP contribution in [0.1, 0.15) is 43.8 Å². The predicted octanol–water partition coefficient (Wildman–Crippen LogP) is 6.62. The van der Waals surface area contributed by atoms with Crippen molar-refractivity contribution in [2.75, 3.05) is 6.61 Å². The molecule has 0 aliphatic carbocycles. The van der Waals surface area contributed by atoms with Gasteiger partial charge in [0.1, 0.15) is 5.75 Å². The summed E-state index contributed by atoms with van der Waals surface area (Å²) in [6.07, 6.45) is -4.01. The van der Waals surface area contributed by atoms with Gasteiger partial charge in [0.05, 0.1) is 27.9 Å². The monoisotopic (exact) mass is 526 g/mol. The summed E-state index contributed by atoms with van der Waals surface area (Å²) in [6, 6.07) is 9.99. The Kier molecular flexibility index (Phi) is 7.83. The number of esters is 1. The highest BCUT2D eigenvalue weighted by molar-refractivity contribution is 7.10. The molecule has 0 spiro atoms. The van der Waals surface area contributed by atoms with E-state index in [0.717, 1.165) is 22.7 Å². The molecule has 3 rings (SSSR count). The molecule has 0 aliphatic heterocycles. The Labute approximate surface area is 211 Å². The minimum Gasteiger partial charge on any atom is -0.475 e. The van der Waals surface area contributed by atoms with Crippen molar-refractivity contribution >= 4 is 28.9 Å². The number of hydrogen-bond donors (Lipinski definition) is 1. The Morgan fingerprint density at radius 2 is 1.71 bits per heavy atom. The van der Waals surface area contributed by atoms with Crippen molar-refractivity contribution in [3.63, 3.8) is 0 Å². The maximum atomic E-state index is 12.8. The normalized spacial score (nSPS) is 13.9. The summed E-state index contributed by atoms with van der Waals surface area (Å²) < 4.78 is 49.2. The number of alkyl halides is 3. The summed E-state index contributed by atoms with van der Waals surface area (Å²) in [5.41, 5.74) is 5.73. The number of nitrogens with zero attached hydrogens (tertiary/aromatic N) is 1. The van der Waals surface area contributed by atoms with Crippen molar-refractivity contribution in [1.29, 1.82) is 0 Å². The van der Waals surface area contributed by atoms with Crippen LogP contribution in [-0.4, -0.2) is 23.2 Å². The van der Waals surface area contributed by atoms with E-state index >= 15 is 0 Å². The van der Waals surface area contributed by atoms with Crippen molar-refractivity contribution in [2.45, 2.75) is 51.4 Å². The van der Waals surface area contributed by atoms with E-state index in [0.29, 0.717) is 28.5 Å². The number of ether oxygens (including phenoxy) is 2. The average molecular weight is 527 g/mol. The molecular weight excluding hydrogens is 501 g/mol. The van der Waals surface area contributed by atoms with E-state index in [-0.39, 0.29) is 6.61 Å². The van der Waals surface area contributed by atoms with Crippen molar-refractivity contribution in [3.05, 3.63) is 69.0 Å². The molecule has 188 valence electrons. The number of nitrogens with two attached hydrogens (primary N) is 1. The fourth-order valence-corrected chi connectivity index (χ4v) is 4.52. The van der Waals surface area contributed by atoms with Gasteiger partial charge >= 0.3 is 12.1 Å². The van der Waals surface area contributed by atoms with Gasteiger partial charge in [0.2, 0.25) is 0 Å². The first kappa shape index (κ1) is 27.0. The maximum Gasteiger partial charge on any atom is 0.416 e. The lowest BCUT2D eigenvalue weighted by Crippen LogP contribution is -2.40. The van der Waals surface area contributed by atoms with Crippen LogP contribution < -0.4 is 10.5 Å². The number of carbonyl (C=O) groups is 1. The van der Waals surface area contributed by atoms with Crippen LogP contribution in [0.15, 0.2) is 47.8 Å². The van der Waals surface area contributed by atoms with Gasteiger partial charge in [0, 0.05) is 22.9 Å². The van der Waals surface area contributed by atoms with Crippen LogP contribution in [0.4, 0.5) is 13.2 Å². The fourth-order valence-electron chi connectivity index (χ4n) is 3.33. The highest BCUT2D eigenvalue weighted by atomic mass is 35.5. The minimum atomic E-state index is -4.39. The van der Waals surface area contributed by atoms with Crippen LogP contribution >= 0.6 is 22.9 Å². The molecule has 0 amide bonds. The second-order valence-corrected chi connectivity index (χ2v) is 10.1. The Morgan fingerprint density at radius 1 is 1.09 bits per heavy atom. The molecule has 1 aromatic heterocycles. The van der Waals surface area contributed by atoms with Crippen molar-refractivity contribution in [3.8, 4) is 17.0 Å². The third-order valence-corrected chi connectivity index (χ3v) is 6.45. The highest BCUT2D eigenvalue weighted by Gasteiger charge is 2.33. The largest absolute Gasteiger partial charge is 0.475 e. The van der Waals surface area contributed by atoms with E-state index in [1.807, 2.05) is 6.92 Å². The van der Waals surface area contributed by atoms with Crippen LogP contribution in [0.2, 0.25) is 5.02 Å². The van der Waals surface area contributed by atoms with Crippen LogP contribution in [-0.2, 0) is 27.7 Å². The molecule has 0 radical (unpaired) electrons. The summed E-state index contributed by atoms with van der Waals surface area (Å²) in [4.78, 5) is 16.7. The molecule has 1 unspecified atom stereocenters. The summed E-state index contributed by atoms with van der Waals surface area (Å²) >= 11 is 7.81. The predicted molar refractivity (Wildman–Crippen MR) is 131 cm³/mol. The SMILES string of the molecule is CCOC(=O)C(C)(C)Oc1ccc(C(C)(N)Cc2nc(-c3ccc(C(F)(F)F)cc3)cs2)cc1Cl. The van der Waals surface area contributed by atoms with E-state index in [1.165, 1.54) is 23.5 Å². The van der Waals surface area contributed by atoms with Crippen LogP contribution in [0.25, 0.3) is 11.3 Å². The molecular formula is C25H26ClF3N2O3S. The summed E-state index contributed by atoms with van der Waals surface area (Å²) in [6.45, 7) is 6.98. The van der Waals surface area contributed by atoms with E-state index in [9.17, 15) is 18.0 Å². The fraction of sp³-hybridized carbons (Fsp3) is 0.360. The summed E-state index contributed by atoms with van der Waals surface area (Å²) in [5.74, 6) is -0.181. The van der Waals surface area contributed by atoms with Crippen molar-refractivity contribution < 1.29 is 27.4 Å². The maximum absolute atomic E-state index is 12.8. The molecule has 0 saturated heterocycles. The molecule has 35 heavy (non-hydrogen) atoms. The first-order valence-corrected chi connectivity index (χ1v) is 12.1. The number of thiazole rings is 1. The number of hydrogen-bond acceptors (Lipinski definition) is 6. The van der Waals surface area contributed by atoms with E-state index in [2.05, 4.69) is 4.98 Å². The van der Waals surface area contributed by atoms with Crippen molar-refractivity contribution in [2.24, 2.45) is 5.73 Å². The molecule has 2 N–H and O–H groups in total. The quantitative estimate of drug-likeness (QED) is 0.334. The second kappa shape index (κ2) is 10.2. The second-order valence-electron chi connectivity index (χ2n) is 8.77. The number of aromatic nitrogens is 1. The molecule has 0 bridgehead atoms. The number of rotatable bonds is 8. The Balaban J connectivity index is 1.74. The zero-order chi connectivity index (χ0) is 26.0. The number of carbonyl (C=O) groups excluding carboxylic acids is 1. The standard InChI is InChI=1S/C25H26ClF3N2O3S/c1-5-33-22(32)23(2,3)34-20-11-10-17(12-18(20)26)24(4,30)13-21-31-19(14-35-21)15-6-8-16(9-7-15)25(27,28)29/h6-12,14H,5,13,30H2,1-4H3. The summed E-state index contributed by atoms with van der Waals surface area (Å²) in [7, 11) is 0. The molecule has 0 fully saturated rings. The van der Waals surface area contributed by atoms with Gasteiger partial charge in [-0.3, -0.25) is 0 Å². The first-order valence-electron chi connectivity index (χ1n) is 10.8. The van der Waals surface area contributed by atoms with Gasteiger partial charge < -0.3 is 15.2 Å². The Bertz CT molecular complexity index is 1190. The topological polar surface area (TPSA) is 74.4 Å². The van der Waals surface area contributed by atoms with Crippen LogP contribution in [0.5, 0.6) is 5.75 Å². The lowest BCUT2D eigenvalue weighted by Gasteiger charge is -2.27. The van der Waals surface area contributed by atoms with Crippen LogP contribution in [0.3, 0.4) is 0 Å². The van der Waals surface area contributed by atoms with E-state index in [4.69, 9.17) is 26.8 Å². The smallest absolute Gasteiger partial charge is 0.416 e. The lowest BCUT2D eigenvalue weighted by molar-refractivity contribution is -0.158.